The first-order valence-corrected chi connectivity index (χ1v) is 9.92. The zero-order valence-electron chi connectivity index (χ0n) is 17.7. The second-order valence-corrected chi connectivity index (χ2v) is 7.47. The summed E-state index contributed by atoms with van der Waals surface area (Å²) in [5, 5.41) is 53.5. The number of amides is 1. The maximum Gasteiger partial charge on any atom is 0.315 e. The summed E-state index contributed by atoms with van der Waals surface area (Å²) >= 11 is 0. The van der Waals surface area contributed by atoms with E-state index in [1.807, 2.05) is 0 Å². The molecule has 0 radical (unpaired) electrons. The van der Waals surface area contributed by atoms with Gasteiger partial charge in [0.05, 0.1) is 17.6 Å². The molecule has 1 heterocycles. The van der Waals surface area contributed by atoms with Crippen molar-refractivity contribution >= 4 is 17.3 Å². The number of rotatable bonds is 7. The van der Waals surface area contributed by atoms with Gasteiger partial charge in [-0.05, 0) is 42.8 Å². The Labute approximate surface area is 188 Å². The Balaban J connectivity index is 1.84. The molecule has 0 aromatic heterocycles. The van der Waals surface area contributed by atoms with Crippen LogP contribution in [0.2, 0.25) is 0 Å². The van der Waals surface area contributed by atoms with E-state index in [9.17, 15) is 35.3 Å². The highest BCUT2D eigenvalue weighted by Gasteiger charge is 2.45. The molecular weight excluding hydrogens is 440 g/mol. The highest BCUT2D eigenvalue weighted by atomic mass is 16.7. The maximum absolute atomic E-state index is 11.6. The van der Waals surface area contributed by atoms with Gasteiger partial charge >= 0.3 is 5.69 Å². The molecule has 0 bridgehead atoms. The van der Waals surface area contributed by atoms with Crippen LogP contribution in [0.15, 0.2) is 36.4 Å². The fourth-order valence-electron chi connectivity index (χ4n) is 3.23. The molecule has 178 valence electrons. The molecule has 1 aliphatic heterocycles. The summed E-state index contributed by atoms with van der Waals surface area (Å²) in [6, 6.07) is 8.65. The van der Waals surface area contributed by atoms with E-state index >= 15 is 0 Å². The number of nitrogens with zero attached hydrogens (tertiary/aromatic N) is 1. The van der Waals surface area contributed by atoms with Gasteiger partial charge in [0.2, 0.25) is 17.9 Å². The molecule has 1 fully saturated rings. The van der Waals surface area contributed by atoms with Gasteiger partial charge in [-0.1, -0.05) is 0 Å². The first kappa shape index (κ1) is 24.4. The van der Waals surface area contributed by atoms with Crippen LogP contribution >= 0.6 is 0 Å². The Morgan fingerprint density at radius 2 is 1.79 bits per heavy atom. The Kier molecular flexibility index (Phi) is 7.46. The molecule has 12 heteroatoms. The lowest BCUT2D eigenvalue weighted by Crippen LogP contribution is -2.60. The second-order valence-electron chi connectivity index (χ2n) is 7.47. The molecule has 0 saturated carbocycles. The van der Waals surface area contributed by atoms with Gasteiger partial charge in [0.1, 0.15) is 35.9 Å². The van der Waals surface area contributed by atoms with Crippen LogP contribution in [0.4, 0.5) is 11.4 Å². The summed E-state index contributed by atoms with van der Waals surface area (Å²) in [5.41, 5.74) is 0.484. The van der Waals surface area contributed by atoms with Crippen LogP contribution in [-0.4, -0.2) is 68.6 Å². The van der Waals surface area contributed by atoms with E-state index in [2.05, 4.69) is 5.32 Å². The van der Waals surface area contributed by atoms with E-state index in [0.29, 0.717) is 11.3 Å². The molecule has 0 aliphatic carbocycles. The summed E-state index contributed by atoms with van der Waals surface area (Å²) in [6.07, 6.45) is -7.56. The van der Waals surface area contributed by atoms with Gasteiger partial charge < -0.3 is 40.0 Å². The lowest BCUT2D eigenvalue weighted by molar-refractivity contribution is -0.385. The number of nitrogens with one attached hydrogen (secondary N) is 1. The predicted molar refractivity (Wildman–Crippen MR) is 113 cm³/mol. The fraction of sp³-hybridized carbons (Fsp3) is 0.381. The van der Waals surface area contributed by atoms with Gasteiger partial charge in [0.15, 0.2) is 0 Å². The van der Waals surface area contributed by atoms with Crippen molar-refractivity contribution in [1.29, 1.82) is 0 Å². The van der Waals surface area contributed by atoms with Crippen molar-refractivity contribution in [2.75, 3.05) is 11.9 Å². The van der Waals surface area contributed by atoms with Crippen molar-refractivity contribution in [3.8, 4) is 17.2 Å². The summed E-state index contributed by atoms with van der Waals surface area (Å²) in [6.45, 7) is 2.30. The molecule has 1 aliphatic rings. The number of anilines is 1. The average molecular weight is 464 g/mol. The van der Waals surface area contributed by atoms with Crippen LogP contribution in [-0.2, 0) is 9.53 Å². The predicted octanol–water partition coefficient (Wildman–Crippen LogP) is 0.833. The number of aliphatic hydroxyl groups is 4. The third-order valence-electron chi connectivity index (χ3n) is 4.95. The topological polar surface area (TPSA) is 181 Å². The zero-order chi connectivity index (χ0) is 24.3. The van der Waals surface area contributed by atoms with Gasteiger partial charge in [-0.2, -0.15) is 0 Å². The average Bonchev–Trinajstić information content (AvgIpc) is 2.76. The minimum Gasteiger partial charge on any atom is -0.461 e. The van der Waals surface area contributed by atoms with E-state index in [1.165, 1.54) is 25.1 Å². The highest BCUT2D eigenvalue weighted by Crippen LogP contribution is 2.38. The lowest BCUT2D eigenvalue weighted by atomic mass is 9.99. The molecule has 5 N–H and O–H groups in total. The summed E-state index contributed by atoms with van der Waals surface area (Å²) in [4.78, 5) is 22.1. The Morgan fingerprint density at radius 3 is 2.36 bits per heavy atom. The number of carbonyl (C=O) groups excluding carboxylic acids is 1. The number of aryl methyl sites for hydroxylation is 1. The van der Waals surface area contributed by atoms with E-state index in [-0.39, 0.29) is 23.2 Å². The van der Waals surface area contributed by atoms with Crippen molar-refractivity contribution in [1.82, 2.24) is 0 Å². The Morgan fingerprint density at radius 1 is 1.12 bits per heavy atom. The van der Waals surface area contributed by atoms with E-state index in [1.54, 1.807) is 19.1 Å². The fourth-order valence-corrected chi connectivity index (χ4v) is 3.23. The van der Waals surface area contributed by atoms with Crippen LogP contribution in [0.25, 0.3) is 0 Å². The first-order valence-electron chi connectivity index (χ1n) is 9.92. The van der Waals surface area contributed by atoms with Crippen molar-refractivity contribution in [3.63, 3.8) is 0 Å². The number of nitro benzene ring substituents is 1. The molecule has 3 rings (SSSR count). The maximum atomic E-state index is 11.6. The zero-order valence-corrected chi connectivity index (χ0v) is 17.7. The Bertz CT molecular complexity index is 1010. The van der Waals surface area contributed by atoms with Gasteiger partial charge in [-0.25, -0.2) is 0 Å². The van der Waals surface area contributed by atoms with Crippen molar-refractivity contribution in [2.24, 2.45) is 0 Å². The number of nitro groups is 1. The largest absolute Gasteiger partial charge is 0.461 e. The second kappa shape index (κ2) is 10.1. The number of ether oxygens (including phenoxy) is 3. The molecule has 2 aromatic carbocycles. The van der Waals surface area contributed by atoms with Gasteiger partial charge in [-0.15, -0.1) is 0 Å². The van der Waals surface area contributed by atoms with E-state index < -0.39 is 47.9 Å². The molecular formula is C21H24N2O10. The van der Waals surface area contributed by atoms with Gasteiger partial charge in [0.25, 0.3) is 0 Å². The number of aliphatic hydroxyl groups excluding tert-OH is 4. The Hall–Kier alpha value is -3.29. The molecule has 12 nitrogen and oxygen atoms in total. The number of carbonyl (C=O) groups is 1. The molecule has 0 spiro atoms. The standard InChI is InChI=1S/C21H24N2O10/c1-10-7-16(31-13-5-3-12(4-6-13)22-11(2)25)14(23(29)30)8-15(10)32-21-20(28)19(27)18(26)17(9-24)33-21/h3-8,17-21,24,26-28H,9H2,1-2H3,(H,22,25)/t17-,18-,19+,20+,21+/m1/s1. The molecule has 1 amide bonds. The van der Waals surface area contributed by atoms with Crippen LogP contribution < -0.4 is 14.8 Å². The monoisotopic (exact) mass is 464 g/mol. The molecule has 0 unspecified atom stereocenters. The van der Waals surface area contributed by atoms with Crippen molar-refractivity contribution < 1.29 is 44.4 Å². The summed E-state index contributed by atoms with van der Waals surface area (Å²) < 4.78 is 16.5. The summed E-state index contributed by atoms with van der Waals surface area (Å²) in [7, 11) is 0. The van der Waals surface area contributed by atoms with Crippen LogP contribution in [0.3, 0.4) is 0 Å². The van der Waals surface area contributed by atoms with Gasteiger partial charge in [0, 0.05) is 12.6 Å². The van der Waals surface area contributed by atoms with E-state index in [4.69, 9.17) is 14.2 Å². The first-order chi connectivity index (χ1) is 15.6. The third kappa shape index (κ3) is 5.56. The van der Waals surface area contributed by atoms with Crippen LogP contribution in [0, 0.1) is 17.0 Å². The number of benzene rings is 2. The van der Waals surface area contributed by atoms with Crippen molar-refractivity contribution in [2.45, 2.75) is 44.6 Å². The van der Waals surface area contributed by atoms with Crippen LogP contribution in [0.1, 0.15) is 12.5 Å². The van der Waals surface area contributed by atoms with Crippen LogP contribution in [0.5, 0.6) is 17.2 Å². The summed E-state index contributed by atoms with van der Waals surface area (Å²) in [5.74, 6) is -0.0653. The minimum absolute atomic E-state index is 0.0283. The molecule has 1 saturated heterocycles. The smallest absolute Gasteiger partial charge is 0.315 e. The quantitative estimate of drug-likeness (QED) is 0.291. The van der Waals surface area contributed by atoms with Gasteiger partial charge in [-0.3, -0.25) is 14.9 Å². The van der Waals surface area contributed by atoms with E-state index in [0.717, 1.165) is 6.07 Å². The SMILES string of the molecule is CC(=O)Nc1ccc(Oc2cc(C)c(O[C@H]3O[C@H](CO)[C@@H](O)[C@H](O)[C@@H]3O)cc2[N+](=O)[O-])cc1. The number of hydrogen-bond acceptors (Lipinski definition) is 10. The lowest BCUT2D eigenvalue weighted by Gasteiger charge is -2.39. The number of hydrogen-bond donors (Lipinski definition) is 5. The normalized spacial score (nSPS) is 24.7. The molecule has 33 heavy (non-hydrogen) atoms. The minimum atomic E-state index is -1.67. The third-order valence-corrected chi connectivity index (χ3v) is 4.95. The highest BCUT2D eigenvalue weighted by molar-refractivity contribution is 5.88. The van der Waals surface area contributed by atoms with Crippen molar-refractivity contribution in [3.05, 3.63) is 52.1 Å². The molecule has 5 atom stereocenters. The molecule has 2 aromatic rings.